The maximum atomic E-state index is 10.6. The number of likely N-dealkylation sites (N-methyl/N-ethyl adjacent to an activating group) is 1. The molecular weight excluding hydrogens is 168 g/mol. The highest BCUT2D eigenvalue weighted by Gasteiger charge is 2.08. The summed E-state index contributed by atoms with van der Waals surface area (Å²) in [6, 6.07) is 0.0104. The van der Waals surface area contributed by atoms with Crippen molar-refractivity contribution in [3.8, 4) is 0 Å². The standard InChI is InChI=1S/C9H18N2O2/c1-11(2)9(7-12)5-3-4-6-10-8-13/h7-9H,3-6H2,1-2H3,(H,10,13). The van der Waals surface area contributed by atoms with Crippen LogP contribution in [0.2, 0.25) is 0 Å². The lowest BCUT2D eigenvalue weighted by Crippen LogP contribution is -2.29. The third-order valence-electron chi connectivity index (χ3n) is 1.97. The van der Waals surface area contributed by atoms with Crippen molar-refractivity contribution >= 4 is 12.7 Å². The van der Waals surface area contributed by atoms with Gasteiger partial charge in [-0.2, -0.15) is 0 Å². The molecule has 0 aliphatic carbocycles. The van der Waals surface area contributed by atoms with Gasteiger partial charge in [0.25, 0.3) is 0 Å². The Morgan fingerprint density at radius 2 is 2.00 bits per heavy atom. The van der Waals surface area contributed by atoms with E-state index in [4.69, 9.17) is 0 Å². The molecule has 0 bridgehead atoms. The van der Waals surface area contributed by atoms with Gasteiger partial charge in [0, 0.05) is 6.54 Å². The van der Waals surface area contributed by atoms with E-state index in [0.717, 1.165) is 25.5 Å². The molecule has 0 aromatic carbocycles. The molecule has 0 rings (SSSR count). The zero-order valence-electron chi connectivity index (χ0n) is 8.32. The van der Waals surface area contributed by atoms with Crippen LogP contribution in [0, 0.1) is 0 Å². The monoisotopic (exact) mass is 186 g/mol. The van der Waals surface area contributed by atoms with Crippen molar-refractivity contribution in [3.63, 3.8) is 0 Å². The Morgan fingerprint density at radius 1 is 1.31 bits per heavy atom. The Bertz CT molecular complexity index is 149. The van der Waals surface area contributed by atoms with Crippen LogP contribution in [-0.2, 0) is 9.59 Å². The largest absolute Gasteiger partial charge is 0.359 e. The Labute approximate surface area is 79.3 Å². The Kier molecular flexibility index (Phi) is 7.20. The summed E-state index contributed by atoms with van der Waals surface area (Å²) < 4.78 is 0. The van der Waals surface area contributed by atoms with E-state index in [1.807, 2.05) is 19.0 Å². The van der Waals surface area contributed by atoms with Gasteiger partial charge in [-0.3, -0.25) is 4.79 Å². The highest BCUT2D eigenvalue weighted by molar-refractivity contribution is 5.57. The number of amides is 1. The van der Waals surface area contributed by atoms with Crippen LogP contribution in [0.5, 0.6) is 0 Å². The average Bonchev–Trinajstić information content (AvgIpc) is 2.10. The second kappa shape index (κ2) is 7.73. The third kappa shape index (κ3) is 6.28. The summed E-state index contributed by atoms with van der Waals surface area (Å²) >= 11 is 0. The summed E-state index contributed by atoms with van der Waals surface area (Å²) in [5.41, 5.74) is 0. The first-order chi connectivity index (χ1) is 6.22. The number of unbranched alkanes of at least 4 members (excludes halogenated alkanes) is 1. The quantitative estimate of drug-likeness (QED) is 0.430. The highest BCUT2D eigenvalue weighted by atomic mass is 16.1. The molecule has 0 aliphatic heterocycles. The SMILES string of the molecule is CN(C)C(C=O)CCCCNC=O. The van der Waals surface area contributed by atoms with Crippen molar-refractivity contribution in [2.45, 2.75) is 25.3 Å². The summed E-state index contributed by atoms with van der Waals surface area (Å²) in [4.78, 5) is 22.3. The number of hydrogen-bond acceptors (Lipinski definition) is 3. The minimum atomic E-state index is 0.0104. The minimum Gasteiger partial charge on any atom is -0.359 e. The van der Waals surface area contributed by atoms with Crippen molar-refractivity contribution in [3.05, 3.63) is 0 Å². The van der Waals surface area contributed by atoms with E-state index in [1.165, 1.54) is 0 Å². The van der Waals surface area contributed by atoms with Crippen molar-refractivity contribution in [2.24, 2.45) is 0 Å². The molecule has 0 saturated heterocycles. The van der Waals surface area contributed by atoms with Gasteiger partial charge in [0.1, 0.15) is 6.29 Å². The predicted molar refractivity (Wildman–Crippen MR) is 51.5 cm³/mol. The molecule has 1 atom stereocenters. The van der Waals surface area contributed by atoms with E-state index in [9.17, 15) is 9.59 Å². The van der Waals surface area contributed by atoms with Crippen LogP contribution in [0.4, 0.5) is 0 Å². The molecule has 76 valence electrons. The second-order valence-electron chi connectivity index (χ2n) is 3.23. The number of carbonyl (C=O) groups excluding carboxylic acids is 2. The van der Waals surface area contributed by atoms with Crippen LogP contribution in [0.3, 0.4) is 0 Å². The minimum absolute atomic E-state index is 0.0104. The Morgan fingerprint density at radius 3 is 2.46 bits per heavy atom. The molecular formula is C9H18N2O2. The number of carbonyl (C=O) groups is 2. The van der Waals surface area contributed by atoms with Gasteiger partial charge in [0.15, 0.2) is 0 Å². The van der Waals surface area contributed by atoms with Gasteiger partial charge < -0.3 is 15.0 Å². The van der Waals surface area contributed by atoms with Gasteiger partial charge in [-0.25, -0.2) is 0 Å². The first-order valence-electron chi connectivity index (χ1n) is 4.51. The molecule has 0 radical (unpaired) electrons. The fraction of sp³-hybridized carbons (Fsp3) is 0.778. The topological polar surface area (TPSA) is 49.4 Å². The smallest absolute Gasteiger partial charge is 0.207 e. The number of nitrogens with one attached hydrogen (secondary N) is 1. The predicted octanol–water partition coefficient (Wildman–Crippen LogP) is 0.0318. The molecule has 1 N–H and O–H groups in total. The van der Waals surface area contributed by atoms with Gasteiger partial charge in [0.2, 0.25) is 6.41 Å². The van der Waals surface area contributed by atoms with Crippen molar-refractivity contribution < 1.29 is 9.59 Å². The second-order valence-corrected chi connectivity index (χ2v) is 3.23. The molecule has 0 heterocycles. The van der Waals surface area contributed by atoms with Crippen LogP contribution in [0.1, 0.15) is 19.3 Å². The van der Waals surface area contributed by atoms with Crippen LogP contribution in [-0.4, -0.2) is 44.3 Å². The summed E-state index contributed by atoms with van der Waals surface area (Å²) in [7, 11) is 3.78. The molecule has 0 aromatic rings. The molecule has 4 nitrogen and oxygen atoms in total. The first kappa shape index (κ1) is 12.1. The molecule has 0 saturated carbocycles. The summed E-state index contributed by atoms with van der Waals surface area (Å²) in [5.74, 6) is 0. The van der Waals surface area contributed by atoms with Gasteiger partial charge in [-0.1, -0.05) is 0 Å². The summed E-state index contributed by atoms with van der Waals surface area (Å²) in [5, 5.41) is 2.59. The number of rotatable bonds is 8. The molecule has 0 aromatic heterocycles. The van der Waals surface area contributed by atoms with Gasteiger partial charge in [-0.15, -0.1) is 0 Å². The molecule has 13 heavy (non-hydrogen) atoms. The molecule has 0 fully saturated rings. The van der Waals surface area contributed by atoms with Gasteiger partial charge in [-0.05, 0) is 33.4 Å². The van der Waals surface area contributed by atoms with E-state index >= 15 is 0 Å². The third-order valence-corrected chi connectivity index (χ3v) is 1.97. The lowest BCUT2D eigenvalue weighted by molar-refractivity contribution is -0.112. The van der Waals surface area contributed by atoms with E-state index in [0.29, 0.717) is 13.0 Å². The van der Waals surface area contributed by atoms with Crippen molar-refractivity contribution in [2.75, 3.05) is 20.6 Å². The normalized spacial score (nSPS) is 12.5. The lowest BCUT2D eigenvalue weighted by Gasteiger charge is -2.17. The summed E-state index contributed by atoms with van der Waals surface area (Å²) in [6.45, 7) is 0.697. The van der Waals surface area contributed by atoms with Gasteiger partial charge in [0.05, 0.1) is 6.04 Å². The number of nitrogens with zero attached hydrogens (tertiary/aromatic N) is 1. The Hall–Kier alpha value is -0.900. The zero-order chi connectivity index (χ0) is 10.1. The highest BCUT2D eigenvalue weighted by Crippen LogP contribution is 2.02. The first-order valence-corrected chi connectivity index (χ1v) is 4.51. The van der Waals surface area contributed by atoms with Crippen LogP contribution >= 0.6 is 0 Å². The van der Waals surface area contributed by atoms with Crippen molar-refractivity contribution in [1.82, 2.24) is 10.2 Å². The van der Waals surface area contributed by atoms with Crippen LogP contribution in [0.15, 0.2) is 0 Å². The number of hydrogen-bond donors (Lipinski definition) is 1. The fourth-order valence-electron chi connectivity index (χ4n) is 1.09. The summed E-state index contributed by atoms with van der Waals surface area (Å²) in [6.07, 6.45) is 4.41. The van der Waals surface area contributed by atoms with Crippen LogP contribution < -0.4 is 5.32 Å². The lowest BCUT2D eigenvalue weighted by atomic mass is 10.1. The zero-order valence-corrected chi connectivity index (χ0v) is 8.32. The molecule has 1 amide bonds. The average molecular weight is 186 g/mol. The maximum Gasteiger partial charge on any atom is 0.207 e. The van der Waals surface area contributed by atoms with Gasteiger partial charge >= 0.3 is 0 Å². The van der Waals surface area contributed by atoms with Crippen LogP contribution in [0.25, 0.3) is 0 Å². The van der Waals surface area contributed by atoms with E-state index in [-0.39, 0.29) is 6.04 Å². The molecule has 0 aliphatic rings. The van der Waals surface area contributed by atoms with E-state index < -0.39 is 0 Å². The molecule has 1 unspecified atom stereocenters. The fourth-order valence-corrected chi connectivity index (χ4v) is 1.09. The van der Waals surface area contributed by atoms with E-state index in [1.54, 1.807) is 0 Å². The maximum absolute atomic E-state index is 10.6. The number of aldehydes is 1. The molecule has 4 heteroatoms. The van der Waals surface area contributed by atoms with Crippen molar-refractivity contribution in [1.29, 1.82) is 0 Å². The molecule has 0 spiro atoms. The van der Waals surface area contributed by atoms with E-state index in [2.05, 4.69) is 5.32 Å². The Balaban J connectivity index is 3.38.